The maximum atomic E-state index is 13.8. The van der Waals surface area contributed by atoms with E-state index in [1.165, 1.54) is 6.07 Å². The summed E-state index contributed by atoms with van der Waals surface area (Å²) in [7, 11) is 1.72. The molecule has 1 aromatic carbocycles. The normalized spacial score (nSPS) is 22.3. The quantitative estimate of drug-likeness (QED) is 0.845. The third-order valence-electron chi connectivity index (χ3n) is 3.63. The van der Waals surface area contributed by atoms with Crippen LogP contribution in [-0.2, 0) is 4.74 Å². The van der Waals surface area contributed by atoms with Gasteiger partial charge in [0.2, 0.25) is 0 Å². The average molecular weight is 297 g/mol. The van der Waals surface area contributed by atoms with E-state index in [1.807, 2.05) is 13.8 Å². The second-order valence-corrected chi connectivity index (χ2v) is 5.75. The monoisotopic (exact) mass is 297 g/mol. The van der Waals surface area contributed by atoms with Gasteiger partial charge in [-0.05, 0) is 33.1 Å². The predicted molar refractivity (Wildman–Crippen MR) is 80.3 cm³/mol. The number of halogens is 1. The summed E-state index contributed by atoms with van der Waals surface area (Å²) in [6.45, 7) is 3.70. The standard InChI is InChI=1S/C16H24FNO3/c1-10(2)20-15-9-16(14(18)8-13(15)17)21-12-6-4-5-11(7-12)19-3/h8-12H,4-7,18H2,1-3H3. The Morgan fingerprint density at radius 3 is 2.57 bits per heavy atom. The summed E-state index contributed by atoms with van der Waals surface area (Å²) in [5.41, 5.74) is 6.15. The van der Waals surface area contributed by atoms with Gasteiger partial charge in [-0.2, -0.15) is 0 Å². The van der Waals surface area contributed by atoms with Gasteiger partial charge in [0, 0.05) is 25.7 Å². The van der Waals surface area contributed by atoms with Crippen molar-refractivity contribution in [3.05, 3.63) is 17.9 Å². The summed E-state index contributed by atoms with van der Waals surface area (Å²) in [6, 6.07) is 2.80. The zero-order valence-corrected chi connectivity index (χ0v) is 12.9. The summed E-state index contributed by atoms with van der Waals surface area (Å²) >= 11 is 0. The number of anilines is 1. The molecule has 0 aromatic heterocycles. The average Bonchev–Trinajstić information content (AvgIpc) is 2.44. The highest BCUT2D eigenvalue weighted by molar-refractivity contribution is 5.56. The highest BCUT2D eigenvalue weighted by Gasteiger charge is 2.24. The molecule has 0 amide bonds. The van der Waals surface area contributed by atoms with Gasteiger partial charge in [-0.3, -0.25) is 0 Å². The zero-order chi connectivity index (χ0) is 15.4. The van der Waals surface area contributed by atoms with Crippen LogP contribution < -0.4 is 15.2 Å². The number of rotatable bonds is 5. The van der Waals surface area contributed by atoms with Crippen molar-refractivity contribution in [3.63, 3.8) is 0 Å². The molecule has 0 bridgehead atoms. The van der Waals surface area contributed by atoms with Crippen molar-refractivity contribution in [2.24, 2.45) is 0 Å². The van der Waals surface area contributed by atoms with Gasteiger partial charge in [0.05, 0.1) is 17.9 Å². The molecule has 1 aliphatic rings. The summed E-state index contributed by atoms with van der Waals surface area (Å²) in [5, 5.41) is 0. The Morgan fingerprint density at radius 1 is 1.19 bits per heavy atom. The Bertz CT molecular complexity index is 479. The van der Waals surface area contributed by atoms with Crippen LogP contribution in [0, 0.1) is 5.82 Å². The first kappa shape index (κ1) is 15.9. The lowest BCUT2D eigenvalue weighted by atomic mass is 9.95. The molecule has 0 radical (unpaired) electrons. The van der Waals surface area contributed by atoms with Crippen molar-refractivity contribution < 1.29 is 18.6 Å². The fourth-order valence-corrected chi connectivity index (χ4v) is 2.60. The number of ether oxygens (including phenoxy) is 3. The molecular formula is C16H24FNO3. The molecule has 2 unspecified atom stereocenters. The van der Waals surface area contributed by atoms with E-state index in [0.29, 0.717) is 11.4 Å². The van der Waals surface area contributed by atoms with Gasteiger partial charge < -0.3 is 19.9 Å². The van der Waals surface area contributed by atoms with Crippen molar-refractivity contribution in [2.45, 2.75) is 57.8 Å². The van der Waals surface area contributed by atoms with Crippen LogP contribution in [0.2, 0.25) is 0 Å². The molecule has 2 N–H and O–H groups in total. The first-order valence-electron chi connectivity index (χ1n) is 7.44. The fourth-order valence-electron chi connectivity index (χ4n) is 2.60. The minimum Gasteiger partial charge on any atom is -0.488 e. The lowest BCUT2D eigenvalue weighted by Crippen LogP contribution is -2.29. The minimum absolute atomic E-state index is 0.0448. The van der Waals surface area contributed by atoms with E-state index < -0.39 is 5.82 Å². The highest BCUT2D eigenvalue weighted by Crippen LogP contribution is 2.33. The molecular weight excluding hydrogens is 273 g/mol. The van der Waals surface area contributed by atoms with Crippen molar-refractivity contribution in [1.82, 2.24) is 0 Å². The summed E-state index contributed by atoms with van der Waals surface area (Å²) in [4.78, 5) is 0. The second kappa shape index (κ2) is 6.98. The highest BCUT2D eigenvalue weighted by atomic mass is 19.1. The molecule has 4 nitrogen and oxygen atoms in total. The van der Waals surface area contributed by atoms with Crippen molar-refractivity contribution >= 4 is 5.69 Å². The predicted octanol–water partition coefficient (Wildman–Crippen LogP) is 3.53. The first-order valence-corrected chi connectivity index (χ1v) is 7.44. The van der Waals surface area contributed by atoms with Gasteiger partial charge in [0.25, 0.3) is 0 Å². The SMILES string of the molecule is COC1CCCC(Oc2cc(OC(C)C)c(F)cc2N)C1. The first-order chi connectivity index (χ1) is 9.99. The van der Waals surface area contributed by atoms with Gasteiger partial charge in [0.15, 0.2) is 11.6 Å². The van der Waals surface area contributed by atoms with Crippen LogP contribution in [0.5, 0.6) is 11.5 Å². The Hall–Kier alpha value is -1.49. The van der Waals surface area contributed by atoms with E-state index in [9.17, 15) is 4.39 Å². The molecule has 1 aliphatic carbocycles. The molecule has 1 fully saturated rings. The molecule has 5 heteroatoms. The van der Waals surface area contributed by atoms with Crippen molar-refractivity contribution in [2.75, 3.05) is 12.8 Å². The zero-order valence-electron chi connectivity index (χ0n) is 12.9. The van der Waals surface area contributed by atoms with Gasteiger partial charge in [-0.15, -0.1) is 0 Å². The Morgan fingerprint density at radius 2 is 1.90 bits per heavy atom. The molecule has 0 aliphatic heterocycles. The van der Waals surface area contributed by atoms with Gasteiger partial charge in [-0.25, -0.2) is 4.39 Å². The van der Waals surface area contributed by atoms with E-state index in [1.54, 1.807) is 13.2 Å². The number of nitrogen functional groups attached to an aromatic ring is 1. The molecule has 1 aromatic rings. The maximum absolute atomic E-state index is 13.8. The van der Waals surface area contributed by atoms with Crippen LogP contribution in [0.25, 0.3) is 0 Å². The summed E-state index contributed by atoms with van der Waals surface area (Å²) in [5.74, 6) is 0.189. The van der Waals surface area contributed by atoms with Crippen LogP contribution in [0.3, 0.4) is 0 Å². The van der Waals surface area contributed by atoms with Crippen molar-refractivity contribution in [1.29, 1.82) is 0 Å². The molecule has 1 saturated carbocycles. The van der Waals surface area contributed by atoms with E-state index in [4.69, 9.17) is 19.9 Å². The number of hydrogen-bond acceptors (Lipinski definition) is 4. The Kier molecular flexibility index (Phi) is 5.28. The maximum Gasteiger partial charge on any atom is 0.167 e. The van der Waals surface area contributed by atoms with E-state index in [0.717, 1.165) is 25.7 Å². The van der Waals surface area contributed by atoms with Gasteiger partial charge in [0.1, 0.15) is 11.9 Å². The number of nitrogens with two attached hydrogens (primary N) is 1. The van der Waals surface area contributed by atoms with E-state index in [-0.39, 0.29) is 24.1 Å². The smallest absolute Gasteiger partial charge is 0.167 e. The molecule has 0 spiro atoms. The minimum atomic E-state index is -0.466. The summed E-state index contributed by atoms with van der Waals surface area (Å²) in [6.07, 6.45) is 4.05. The lowest BCUT2D eigenvalue weighted by Gasteiger charge is -2.29. The van der Waals surface area contributed by atoms with Gasteiger partial charge >= 0.3 is 0 Å². The topological polar surface area (TPSA) is 53.7 Å². The Balaban J connectivity index is 2.11. The van der Waals surface area contributed by atoms with Crippen LogP contribution >= 0.6 is 0 Å². The lowest BCUT2D eigenvalue weighted by molar-refractivity contribution is 0.0211. The second-order valence-electron chi connectivity index (χ2n) is 5.75. The molecule has 2 atom stereocenters. The van der Waals surface area contributed by atoms with Gasteiger partial charge in [-0.1, -0.05) is 0 Å². The van der Waals surface area contributed by atoms with Crippen LogP contribution in [0.4, 0.5) is 10.1 Å². The Labute approximate surface area is 125 Å². The number of hydrogen-bond donors (Lipinski definition) is 1. The van der Waals surface area contributed by atoms with Crippen LogP contribution in [0.15, 0.2) is 12.1 Å². The number of methoxy groups -OCH3 is 1. The van der Waals surface area contributed by atoms with Crippen LogP contribution in [0.1, 0.15) is 39.5 Å². The fraction of sp³-hybridized carbons (Fsp3) is 0.625. The summed E-state index contributed by atoms with van der Waals surface area (Å²) < 4.78 is 30.6. The molecule has 118 valence electrons. The molecule has 0 saturated heterocycles. The van der Waals surface area contributed by atoms with Crippen LogP contribution in [-0.4, -0.2) is 25.4 Å². The molecule has 2 rings (SSSR count). The molecule has 21 heavy (non-hydrogen) atoms. The third-order valence-corrected chi connectivity index (χ3v) is 3.63. The van der Waals surface area contributed by atoms with E-state index >= 15 is 0 Å². The van der Waals surface area contributed by atoms with E-state index in [2.05, 4.69) is 0 Å². The molecule has 0 heterocycles. The number of benzene rings is 1. The largest absolute Gasteiger partial charge is 0.488 e. The van der Waals surface area contributed by atoms with Crippen molar-refractivity contribution in [3.8, 4) is 11.5 Å². The third kappa shape index (κ3) is 4.24.